The van der Waals surface area contributed by atoms with Gasteiger partial charge in [0.05, 0.1) is 0 Å². The summed E-state index contributed by atoms with van der Waals surface area (Å²) >= 11 is 0. The monoisotopic (exact) mass is 121 g/mol. The fraction of sp³-hybridized carbons (Fsp3) is 0.429. The van der Waals surface area contributed by atoms with Crippen LogP contribution < -0.4 is 0 Å². The topological polar surface area (TPSA) is 25.8 Å². The Morgan fingerprint density at radius 2 is 2.56 bits per heavy atom. The molecule has 0 aliphatic heterocycles. The zero-order valence-corrected chi connectivity index (χ0v) is 5.46. The molecular weight excluding hydrogens is 112 g/mol. The quantitative estimate of drug-likeness (QED) is 0.588. The highest BCUT2D eigenvalue weighted by Crippen LogP contribution is 1.93. The van der Waals surface area contributed by atoms with E-state index in [1.807, 2.05) is 6.07 Å². The first-order chi connectivity index (χ1) is 4.43. The summed E-state index contributed by atoms with van der Waals surface area (Å²) in [5.74, 6) is 0. The van der Waals surface area contributed by atoms with Crippen molar-refractivity contribution in [1.82, 2.24) is 9.97 Å². The van der Waals surface area contributed by atoms with Crippen LogP contribution in [-0.2, 0) is 6.42 Å². The first-order valence-corrected chi connectivity index (χ1v) is 3.11. The molecule has 0 aromatic carbocycles. The fourth-order valence-corrected chi connectivity index (χ4v) is 0.682. The Labute approximate surface area is 55.0 Å². The molecule has 0 unspecified atom stereocenters. The number of nitrogens with zero attached hydrogens (tertiary/aromatic N) is 2. The van der Waals surface area contributed by atoms with Crippen LogP contribution in [0.2, 0.25) is 0 Å². The molecule has 1 heterocycles. The summed E-state index contributed by atoms with van der Waals surface area (Å²) in [4.78, 5) is 7.62. The molecule has 0 fully saturated rings. The Bertz CT molecular complexity index is 160. The van der Waals surface area contributed by atoms with Gasteiger partial charge in [-0.3, -0.25) is 0 Å². The van der Waals surface area contributed by atoms with Crippen molar-refractivity contribution in [3.8, 4) is 0 Å². The molecule has 1 radical (unpaired) electrons. The Balaban J connectivity index is 2.61. The summed E-state index contributed by atoms with van der Waals surface area (Å²) in [5, 5.41) is 0. The van der Waals surface area contributed by atoms with Crippen molar-refractivity contribution in [3.63, 3.8) is 0 Å². The third-order valence-electron chi connectivity index (χ3n) is 1.10. The number of rotatable bonds is 2. The highest BCUT2D eigenvalue weighted by atomic mass is 14.8. The smallest absolute Gasteiger partial charge is 0.197 e. The van der Waals surface area contributed by atoms with Crippen LogP contribution in [0.4, 0.5) is 0 Å². The van der Waals surface area contributed by atoms with Gasteiger partial charge in [-0.2, -0.15) is 0 Å². The molecule has 0 aliphatic carbocycles. The summed E-state index contributed by atoms with van der Waals surface area (Å²) < 4.78 is 0. The first-order valence-electron chi connectivity index (χ1n) is 3.11. The second-order valence-electron chi connectivity index (χ2n) is 1.90. The third-order valence-corrected chi connectivity index (χ3v) is 1.10. The first kappa shape index (κ1) is 6.20. The number of aryl methyl sites for hydroxylation is 1. The van der Waals surface area contributed by atoms with Gasteiger partial charge in [-0.25, -0.2) is 9.97 Å². The largest absolute Gasteiger partial charge is 0.234 e. The minimum atomic E-state index is 1.03. The van der Waals surface area contributed by atoms with Crippen LogP contribution >= 0.6 is 0 Å². The Hall–Kier alpha value is -0.920. The molecule has 0 spiro atoms. The van der Waals surface area contributed by atoms with E-state index in [1.54, 1.807) is 6.20 Å². The van der Waals surface area contributed by atoms with Crippen LogP contribution in [0.25, 0.3) is 0 Å². The second kappa shape index (κ2) is 3.17. The van der Waals surface area contributed by atoms with E-state index in [9.17, 15) is 0 Å². The molecule has 2 heteroatoms. The summed E-state index contributed by atoms with van der Waals surface area (Å²) in [6.45, 7) is 2.13. The van der Waals surface area contributed by atoms with Gasteiger partial charge in [0.15, 0.2) is 6.33 Å². The van der Waals surface area contributed by atoms with Crippen LogP contribution in [0.15, 0.2) is 12.3 Å². The van der Waals surface area contributed by atoms with E-state index in [0.717, 1.165) is 18.5 Å². The molecule has 0 saturated carbocycles. The molecule has 2 nitrogen and oxygen atoms in total. The van der Waals surface area contributed by atoms with Crippen molar-refractivity contribution in [2.75, 3.05) is 0 Å². The Morgan fingerprint density at radius 3 is 3.11 bits per heavy atom. The van der Waals surface area contributed by atoms with E-state index in [2.05, 4.69) is 23.2 Å². The lowest BCUT2D eigenvalue weighted by atomic mass is 10.2. The maximum atomic E-state index is 3.93. The van der Waals surface area contributed by atoms with Gasteiger partial charge in [-0.1, -0.05) is 13.3 Å². The molecule has 1 aromatic rings. The molecule has 0 amide bonds. The third kappa shape index (κ3) is 1.80. The minimum Gasteiger partial charge on any atom is -0.234 e. The van der Waals surface area contributed by atoms with E-state index < -0.39 is 0 Å². The van der Waals surface area contributed by atoms with E-state index >= 15 is 0 Å². The van der Waals surface area contributed by atoms with Crippen LogP contribution in [0.1, 0.15) is 19.0 Å². The van der Waals surface area contributed by atoms with Crippen LogP contribution in [0.5, 0.6) is 0 Å². The van der Waals surface area contributed by atoms with Crippen LogP contribution in [0.3, 0.4) is 0 Å². The summed E-state index contributed by atoms with van der Waals surface area (Å²) in [5.41, 5.74) is 1.08. The van der Waals surface area contributed by atoms with Crippen LogP contribution in [-0.4, -0.2) is 9.97 Å². The summed E-state index contributed by atoms with van der Waals surface area (Å²) in [6.07, 6.45) is 6.42. The lowest BCUT2D eigenvalue weighted by Crippen LogP contribution is -1.87. The Morgan fingerprint density at radius 1 is 1.67 bits per heavy atom. The van der Waals surface area contributed by atoms with Crippen molar-refractivity contribution in [1.29, 1.82) is 0 Å². The van der Waals surface area contributed by atoms with Gasteiger partial charge in [-0.05, 0) is 12.5 Å². The molecule has 0 N–H and O–H groups in total. The highest BCUT2D eigenvalue weighted by Gasteiger charge is 1.87. The maximum Gasteiger partial charge on any atom is 0.197 e. The number of hydrogen-bond acceptors (Lipinski definition) is 2. The molecule has 1 aromatic heterocycles. The number of aromatic nitrogens is 2. The summed E-state index contributed by atoms with van der Waals surface area (Å²) in [6, 6.07) is 1.92. The van der Waals surface area contributed by atoms with Gasteiger partial charge < -0.3 is 0 Å². The van der Waals surface area contributed by atoms with Crippen molar-refractivity contribution in [3.05, 3.63) is 24.3 Å². The molecular formula is C7H9N2. The molecule has 47 valence electrons. The molecule has 9 heavy (non-hydrogen) atoms. The second-order valence-corrected chi connectivity index (χ2v) is 1.90. The van der Waals surface area contributed by atoms with Crippen molar-refractivity contribution < 1.29 is 0 Å². The fourth-order valence-electron chi connectivity index (χ4n) is 0.682. The van der Waals surface area contributed by atoms with E-state index in [1.165, 1.54) is 0 Å². The van der Waals surface area contributed by atoms with Crippen molar-refractivity contribution >= 4 is 0 Å². The average Bonchev–Trinajstić information content (AvgIpc) is 1.91. The lowest BCUT2D eigenvalue weighted by Gasteiger charge is -1.91. The zero-order valence-electron chi connectivity index (χ0n) is 5.46. The van der Waals surface area contributed by atoms with E-state index in [4.69, 9.17) is 0 Å². The zero-order chi connectivity index (χ0) is 6.53. The molecule has 1 rings (SSSR count). The van der Waals surface area contributed by atoms with Crippen LogP contribution in [0, 0.1) is 6.33 Å². The van der Waals surface area contributed by atoms with E-state index in [0.29, 0.717) is 0 Å². The van der Waals surface area contributed by atoms with Crippen molar-refractivity contribution in [2.24, 2.45) is 0 Å². The predicted molar refractivity (Wildman–Crippen MR) is 34.9 cm³/mol. The minimum absolute atomic E-state index is 1.03. The lowest BCUT2D eigenvalue weighted by molar-refractivity contribution is 0.869. The molecule has 0 saturated heterocycles. The predicted octanol–water partition coefficient (Wildman–Crippen LogP) is 1.23. The van der Waals surface area contributed by atoms with Gasteiger partial charge in [-0.15, -0.1) is 0 Å². The normalized spacial score (nSPS) is 9.44. The SMILES string of the molecule is CCCc1ccn[c]n1. The number of hydrogen-bond donors (Lipinski definition) is 0. The van der Waals surface area contributed by atoms with Gasteiger partial charge in [0.2, 0.25) is 0 Å². The van der Waals surface area contributed by atoms with Gasteiger partial charge >= 0.3 is 0 Å². The van der Waals surface area contributed by atoms with Gasteiger partial charge in [0.1, 0.15) is 0 Å². The molecule has 0 aliphatic rings. The van der Waals surface area contributed by atoms with Gasteiger partial charge in [0, 0.05) is 11.9 Å². The maximum absolute atomic E-state index is 3.93. The summed E-state index contributed by atoms with van der Waals surface area (Å²) in [7, 11) is 0. The Kier molecular flexibility index (Phi) is 2.19. The highest BCUT2D eigenvalue weighted by molar-refractivity contribution is 4.96. The molecule has 0 bridgehead atoms. The van der Waals surface area contributed by atoms with Gasteiger partial charge in [0.25, 0.3) is 0 Å². The standard InChI is InChI=1S/C7H9N2/c1-2-3-7-4-5-8-6-9-7/h4-5H,2-3H2,1H3. The van der Waals surface area contributed by atoms with E-state index in [-0.39, 0.29) is 0 Å². The average molecular weight is 121 g/mol. The van der Waals surface area contributed by atoms with Crippen molar-refractivity contribution in [2.45, 2.75) is 19.8 Å². The molecule has 0 atom stereocenters.